The van der Waals surface area contributed by atoms with E-state index in [9.17, 15) is 10.1 Å². The first-order valence-electron chi connectivity index (χ1n) is 6.05. The lowest BCUT2D eigenvalue weighted by molar-refractivity contribution is -0.384. The normalized spacial score (nSPS) is 10.1. The van der Waals surface area contributed by atoms with Gasteiger partial charge in [-0.2, -0.15) is 0 Å². The fraction of sp³-hybridized carbons (Fsp3) is 0.143. The summed E-state index contributed by atoms with van der Waals surface area (Å²) in [4.78, 5) is 10.4. The van der Waals surface area contributed by atoms with Gasteiger partial charge < -0.3 is 15.2 Å². The molecule has 0 heterocycles. The second-order valence-electron chi connectivity index (χ2n) is 3.96. The van der Waals surface area contributed by atoms with E-state index in [1.807, 2.05) is 6.92 Å². The van der Waals surface area contributed by atoms with Gasteiger partial charge in [0.15, 0.2) is 0 Å². The summed E-state index contributed by atoms with van der Waals surface area (Å²) >= 11 is 0. The Kier molecular flexibility index (Phi) is 4.05. The Morgan fingerprint density at radius 2 is 1.80 bits per heavy atom. The number of anilines is 1. The van der Waals surface area contributed by atoms with Crippen LogP contribution >= 0.6 is 0 Å². The second kappa shape index (κ2) is 5.92. The molecule has 0 atom stereocenters. The minimum absolute atomic E-state index is 0.0680. The summed E-state index contributed by atoms with van der Waals surface area (Å²) in [7, 11) is 0. The molecule has 0 saturated heterocycles. The van der Waals surface area contributed by atoms with Crippen molar-refractivity contribution in [1.82, 2.24) is 0 Å². The van der Waals surface area contributed by atoms with Crippen LogP contribution in [0.5, 0.6) is 17.2 Å². The van der Waals surface area contributed by atoms with Crippen molar-refractivity contribution in [3.63, 3.8) is 0 Å². The van der Waals surface area contributed by atoms with E-state index in [2.05, 4.69) is 0 Å². The number of nitro benzene ring substituents is 1. The van der Waals surface area contributed by atoms with Crippen molar-refractivity contribution < 1.29 is 14.4 Å². The molecule has 0 bridgehead atoms. The number of nitrogens with two attached hydrogens (primary N) is 1. The molecule has 0 aromatic heterocycles. The highest BCUT2D eigenvalue weighted by atomic mass is 16.6. The van der Waals surface area contributed by atoms with Gasteiger partial charge in [0, 0.05) is 0 Å². The number of nitrogens with zero attached hydrogens (tertiary/aromatic N) is 1. The maximum absolute atomic E-state index is 11.0. The summed E-state index contributed by atoms with van der Waals surface area (Å²) in [6, 6.07) is 11.4. The van der Waals surface area contributed by atoms with Crippen LogP contribution in [0.15, 0.2) is 42.5 Å². The van der Waals surface area contributed by atoms with Gasteiger partial charge in [0.05, 0.1) is 11.5 Å². The van der Waals surface area contributed by atoms with Crippen LogP contribution in [-0.2, 0) is 0 Å². The third kappa shape index (κ3) is 2.97. The van der Waals surface area contributed by atoms with Gasteiger partial charge in [0.25, 0.3) is 0 Å². The highest BCUT2D eigenvalue weighted by molar-refractivity contribution is 5.66. The molecule has 6 heteroatoms. The van der Waals surface area contributed by atoms with E-state index in [4.69, 9.17) is 15.2 Å². The SMILES string of the molecule is CCOc1ccc(Oc2cccc(N)c2[N+](=O)[O-])cc1. The van der Waals surface area contributed by atoms with Crippen molar-refractivity contribution in [2.45, 2.75) is 6.92 Å². The summed E-state index contributed by atoms with van der Waals surface area (Å²) in [6.07, 6.45) is 0. The minimum atomic E-state index is -0.556. The quantitative estimate of drug-likeness (QED) is 0.513. The van der Waals surface area contributed by atoms with Crippen LogP contribution in [0.25, 0.3) is 0 Å². The molecular weight excluding hydrogens is 260 g/mol. The van der Waals surface area contributed by atoms with Gasteiger partial charge in [-0.3, -0.25) is 10.1 Å². The lowest BCUT2D eigenvalue weighted by atomic mass is 10.2. The van der Waals surface area contributed by atoms with Crippen LogP contribution in [0.3, 0.4) is 0 Å². The van der Waals surface area contributed by atoms with Gasteiger partial charge >= 0.3 is 5.69 Å². The van der Waals surface area contributed by atoms with Crippen molar-refractivity contribution in [3.05, 3.63) is 52.6 Å². The molecule has 0 unspecified atom stereocenters. The standard InChI is InChI=1S/C14H14N2O4/c1-2-19-10-6-8-11(9-7-10)20-13-5-3-4-12(15)14(13)16(17)18/h3-9H,2,15H2,1H3. The van der Waals surface area contributed by atoms with E-state index in [0.29, 0.717) is 18.1 Å². The number of hydrogen-bond donors (Lipinski definition) is 1. The first kappa shape index (κ1) is 13.7. The molecule has 0 saturated carbocycles. The Balaban J connectivity index is 2.26. The molecule has 2 aromatic rings. The third-order valence-corrected chi connectivity index (χ3v) is 2.58. The van der Waals surface area contributed by atoms with Crippen LogP contribution in [0.1, 0.15) is 6.92 Å². The third-order valence-electron chi connectivity index (χ3n) is 2.58. The Morgan fingerprint density at radius 1 is 1.15 bits per heavy atom. The van der Waals surface area contributed by atoms with E-state index in [0.717, 1.165) is 0 Å². The number of benzene rings is 2. The largest absolute Gasteiger partial charge is 0.494 e. The average Bonchev–Trinajstić information content (AvgIpc) is 2.41. The molecule has 0 spiro atoms. The zero-order chi connectivity index (χ0) is 14.5. The van der Waals surface area contributed by atoms with Gasteiger partial charge in [0.1, 0.15) is 17.2 Å². The van der Waals surface area contributed by atoms with Crippen molar-refractivity contribution in [2.24, 2.45) is 0 Å². The van der Waals surface area contributed by atoms with Gasteiger partial charge in [-0.05, 0) is 43.3 Å². The average molecular weight is 274 g/mol. The Hall–Kier alpha value is -2.76. The molecule has 0 radical (unpaired) electrons. The maximum atomic E-state index is 11.0. The molecule has 20 heavy (non-hydrogen) atoms. The fourth-order valence-corrected chi connectivity index (χ4v) is 1.71. The van der Waals surface area contributed by atoms with Crippen LogP contribution < -0.4 is 15.2 Å². The lowest BCUT2D eigenvalue weighted by Crippen LogP contribution is -1.98. The van der Waals surface area contributed by atoms with Gasteiger partial charge in [-0.25, -0.2) is 0 Å². The molecule has 0 amide bonds. The van der Waals surface area contributed by atoms with E-state index < -0.39 is 4.92 Å². The van der Waals surface area contributed by atoms with E-state index in [-0.39, 0.29) is 17.1 Å². The monoisotopic (exact) mass is 274 g/mol. The van der Waals surface area contributed by atoms with Gasteiger partial charge in [-0.1, -0.05) is 6.07 Å². The van der Waals surface area contributed by atoms with Crippen LogP contribution in [-0.4, -0.2) is 11.5 Å². The molecule has 2 rings (SSSR count). The lowest BCUT2D eigenvalue weighted by Gasteiger charge is -2.08. The molecule has 0 aliphatic rings. The van der Waals surface area contributed by atoms with E-state index in [1.165, 1.54) is 12.1 Å². The molecule has 0 fully saturated rings. The number of para-hydroxylation sites is 1. The van der Waals surface area contributed by atoms with Gasteiger partial charge in [-0.15, -0.1) is 0 Å². The van der Waals surface area contributed by atoms with E-state index in [1.54, 1.807) is 30.3 Å². The molecule has 104 valence electrons. The van der Waals surface area contributed by atoms with Crippen molar-refractivity contribution in [2.75, 3.05) is 12.3 Å². The smallest absolute Gasteiger partial charge is 0.334 e. The number of nitrogen functional groups attached to an aromatic ring is 1. The zero-order valence-corrected chi connectivity index (χ0v) is 10.9. The number of nitro groups is 1. The summed E-state index contributed by atoms with van der Waals surface area (Å²) < 4.78 is 10.8. The predicted molar refractivity (Wildman–Crippen MR) is 75.2 cm³/mol. The summed E-state index contributed by atoms with van der Waals surface area (Å²) in [6.45, 7) is 2.46. The topological polar surface area (TPSA) is 87.6 Å². The Labute approximate surface area is 115 Å². The number of ether oxygens (including phenoxy) is 2. The van der Waals surface area contributed by atoms with Crippen molar-refractivity contribution in [1.29, 1.82) is 0 Å². The maximum Gasteiger partial charge on any atom is 0.334 e. The summed E-state index contributed by atoms with van der Waals surface area (Å²) in [5.41, 5.74) is 5.43. The number of rotatable bonds is 5. The molecule has 0 aliphatic carbocycles. The molecular formula is C14H14N2O4. The van der Waals surface area contributed by atoms with Crippen LogP contribution in [0.4, 0.5) is 11.4 Å². The molecule has 2 aromatic carbocycles. The van der Waals surface area contributed by atoms with Crippen LogP contribution in [0.2, 0.25) is 0 Å². The highest BCUT2D eigenvalue weighted by Gasteiger charge is 2.19. The van der Waals surface area contributed by atoms with Crippen molar-refractivity contribution >= 4 is 11.4 Å². The molecule has 2 N–H and O–H groups in total. The molecule has 0 aliphatic heterocycles. The zero-order valence-electron chi connectivity index (χ0n) is 10.9. The first-order valence-corrected chi connectivity index (χ1v) is 6.05. The Bertz CT molecular complexity index is 611. The first-order chi connectivity index (χ1) is 9.61. The predicted octanol–water partition coefficient (Wildman–Crippen LogP) is 3.37. The second-order valence-corrected chi connectivity index (χ2v) is 3.96. The Morgan fingerprint density at radius 3 is 2.40 bits per heavy atom. The van der Waals surface area contributed by atoms with Gasteiger partial charge in [0.2, 0.25) is 5.75 Å². The van der Waals surface area contributed by atoms with Crippen LogP contribution in [0, 0.1) is 10.1 Å². The minimum Gasteiger partial charge on any atom is -0.494 e. The summed E-state index contributed by atoms with van der Waals surface area (Å²) in [5.74, 6) is 1.29. The summed E-state index contributed by atoms with van der Waals surface area (Å²) in [5, 5.41) is 11.0. The molecule has 6 nitrogen and oxygen atoms in total. The fourth-order valence-electron chi connectivity index (χ4n) is 1.71. The van der Waals surface area contributed by atoms with Crippen molar-refractivity contribution in [3.8, 4) is 17.2 Å². The van der Waals surface area contributed by atoms with E-state index >= 15 is 0 Å². The number of hydrogen-bond acceptors (Lipinski definition) is 5. The highest BCUT2D eigenvalue weighted by Crippen LogP contribution is 2.36.